The van der Waals surface area contributed by atoms with Crippen LogP contribution in [0.2, 0.25) is 5.02 Å². The number of nitrogens with two attached hydrogens (primary N) is 1. The summed E-state index contributed by atoms with van der Waals surface area (Å²) in [7, 11) is 0. The van der Waals surface area contributed by atoms with Gasteiger partial charge in [-0.3, -0.25) is 4.68 Å². The van der Waals surface area contributed by atoms with Crippen LogP contribution in [0.25, 0.3) is 0 Å². The van der Waals surface area contributed by atoms with E-state index in [1.165, 1.54) is 6.20 Å². The minimum absolute atomic E-state index is 0.280. The highest BCUT2D eigenvalue weighted by atomic mass is 35.5. The normalized spacial score (nSPS) is 10.8. The molecule has 0 aliphatic heterocycles. The van der Waals surface area contributed by atoms with Gasteiger partial charge >= 0.3 is 0 Å². The van der Waals surface area contributed by atoms with E-state index >= 15 is 0 Å². The second-order valence-corrected chi connectivity index (χ2v) is 4.31. The number of nitrogen functional groups attached to an aromatic ring is 1. The lowest BCUT2D eigenvalue weighted by Gasteiger charge is -2.05. The van der Waals surface area contributed by atoms with Crippen LogP contribution in [0.4, 0.5) is 5.69 Å². The van der Waals surface area contributed by atoms with Crippen LogP contribution in [0.1, 0.15) is 19.9 Å². The van der Waals surface area contributed by atoms with Crippen LogP contribution in [0, 0.1) is 0 Å². The first-order valence-electron chi connectivity index (χ1n) is 5.19. The minimum Gasteiger partial charge on any atom is -0.434 e. The first-order chi connectivity index (χ1) is 8.06. The molecule has 0 spiro atoms. The molecule has 17 heavy (non-hydrogen) atoms. The van der Waals surface area contributed by atoms with E-state index in [0.29, 0.717) is 22.3 Å². The smallest absolute Gasteiger partial charge is 0.238 e. The SMILES string of the molecule is CC(C)n1cc(Oc2ncc(N)cc2Cl)cn1. The first kappa shape index (κ1) is 11.7. The van der Waals surface area contributed by atoms with Gasteiger partial charge in [0, 0.05) is 6.04 Å². The zero-order valence-corrected chi connectivity index (χ0v) is 10.3. The van der Waals surface area contributed by atoms with Crippen molar-refractivity contribution in [1.29, 1.82) is 0 Å². The van der Waals surface area contributed by atoms with E-state index in [1.807, 2.05) is 13.8 Å². The molecule has 0 saturated heterocycles. The third-order valence-corrected chi connectivity index (χ3v) is 2.42. The van der Waals surface area contributed by atoms with Crippen molar-refractivity contribution in [2.45, 2.75) is 19.9 Å². The van der Waals surface area contributed by atoms with E-state index in [4.69, 9.17) is 22.1 Å². The van der Waals surface area contributed by atoms with Gasteiger partial charge in [0.2, 0.25) is 5.88 Å². The monoisotopic (exact) mass is 252 g/mol. The standard InChI is InChI=1S/C11H13ClN4O/c1-7(2)16-6-9(5-15-16)17-11-10(12)3-8(13)4-14-11/h3-7H,13H2,1-2H3. The molecule has 0 radical (unpaired) electrons. The van der Waals surface area contributed by atoms with Gasteiger partial charge in [0.1, 0.15) is 5.02 Å². The second-order valence-electron chi connectivity index (χ2n) is 3.91. The maximum Gasteiger partial charge on any atom is 0.238 e. The largest absolute Gasteiger partial charge is 0.434 e. The summed E-state index contributed by atoms with van der Waals surface area (Å²) in [5.74, 6) is 0.919. The van der Waals surface area contributed by atoms with Crippen molar-refractivity contribution in [3.05, 3.63) is 29.7 Å². The molecule has 2 heterocycles. The van der Waals surface area contributed by atoms with E-state index in [-0.39, 0.29) is 6.04 Å². The third kappa shape index (κ3) is 2.68. The van der Waals surface area contributed by atoms with Gasteiger partial charge in [0.15, 0.2) is 5.75 Å². The van der Waals surface area contributed by atoms with Crippen LogP contribution in [0.3, 0.4) is 0 Å². The Morgan fingerprint density at radius 2 is 2.18 bits per heavy atom. The fourth-order valence-corrected chi connectivity index (χ4v) is 1.50. The summed E-state index contributed by atoms with van der Waals surface area (Å²) in [6.45, 7) is 4.07. The number of hydrogen-bond donors (Lipinski definition) is 1. The highest BCUT2D eigenvalue weighted by Crippen LogP contribution is 2.28. The van der Waals surface area contributed by atoms with Crippen molar-refractivity contribution in [3.8, 4) is 11.6 Å². The predicted molar refractivity (Wildman–Crippen MR) is 66.3 cm³/mol. The van der Waals surface area contributed by atoms with Gasteiger partial charge in [-0.1, -0.05) is 11.6 Å². The van der Waals surface area contributed by atoms with Crippen LogP contribution in [-0.2, 0) is 0 Å². The Labute approximate surface area is 104 Å². The molecule has 2 aromatic rings. The van der Waals surface area contributed by atoms with Gasteiger partial charge in [-0.05, 0) is 19.9 Å². The number of ether oxygens (including phenoxy) is 1. The summed E-state index contributed by atoms with van der Waals surface area (Å²) < 4.78 is 7.31. The molecule has 2 rings (SSSR count). The van der Waals surface area contributed by atoms with Crippen molar-refractivity contribution >= 4 is 17.3 Å². The molecule has 90 valence electrons. The molecule has 0 fully saturated rings. The Balaban J connectivity index is 2.19. The molecule has 0 bridgehead atoms. The molecule has 2 N–H and O–H groups in total. The molecular formula is C11H13ClN4O. The molecule has 0 saturated carbocycles. The molecule has 0 atom stereocenters. The molecule has 0 amide bonds. The Hall–Kier alpha value is -1.75. The molecule has 0 aliphatic rings. The maximum absolute atomic E-state index is 5.95. The molecule has 2 aromatic heterocycles. The Bertz CT molecular complexity index is 524. The van der Waals surface area contributed by atoms with Gasteiger partial charge < -0.3 is 10.5 Å². The van der Waals surface area contributed by atoms with Crippen molar-refractivity contribution in [2.24, 2.45) is 0 Å². The van der Waals surface area contributed by atoms with Crippen LogP contribution in [-0.4, -0.2) is 14.8 Å². The Morgan fingerprint density at radius 1 is 1.41 bits per heavy atom. The maximum atomic E-state index is 5.95. The lowest BCUT2D eigenvalue weighted by molar-refractivity contribution is 0.459. The van der Waals surface area contributed by atoms with Crippen LogP contribution < -0.4 is 10.5 Å². The van der Waals surface area contributed by atoms with Gasteiger partial charge in [-0.2, -0.15) is 5.10 Å². The minimum atomic E-state index is 0.280. The van der Waals surface area contributed by atoms with Crippen LogP contribution in [0.5, 0.6) is 11.6 Å². The van der Waals surface area contributed by atoms with Gasteiger partial charge in [0.25, 0.3) is 0 Å². The summed E-state index contributed by atoms with van der Waals surface area (Å²) in [5, 5.41) is 4.53. The molecular weight excluding hydrogens is 240 g/mol. The summed E-state index contributed by atoms with van der Waals surface area (Å²) in [6, 6.07) is 1.87. The molecule has 0 aromatic carbocycles. The summed E-state index contributed by atoms with van der Waals surface area (Å²) in [4.78, 5) is 4.01. The van der Waals surface area contributed by atoms with Crippen LogP contribution >= 0.6 is 11.6 Å². The first-order valence-corrected chi connectivity index (χ1v) is 5.57. The molecule has 5 nitrogen and oxygen atoms in total. The number of pyridine rings is 1. The molecule has 0 unspecified atom stereocenters. The van der Waals surface area contributed by atoms with E-state index in [9.17, 15) is 0 Å². The predicted octanol–water partition coefficient (Wildman–Crippen LogP) is 2.89. The second kappa shape index (κ2) is 4.63. The van der Waals surface area contributed by atoms with Crippen LogP contribution in [0.15, 0.2) is 24.7 Å². The van der Waals surface area contributed by atoms with E-state index in [1.54, 1.807) is 23.1 Å². The number of halogens is 1. The van der Waals surface area contributed by atoms with Crippen molar-refractivity contribution in [1.82, 2.24) is 14.8 Å². The summed E-state index contributed by atoms with van der Waals surface area (Å²) >= 11 is 5.95. The van der Waals surface area contributed by atoms with E-state index in [2.05, 4.69) is 10.1 Å². The van der Waals surface area contributed by atoms with Crippen molar-refractivity contribution < 1.29 is 4.74 Å². The summed E-state index contributed by atoms with van der Waals surface area (Å²) in [6.07, 6.45) is 4.90. The highest BCUT2D eigenvalue weighted by Gasteiger charge is 2.08. The highest BCUT2D eigenvalue weighted by molar-refractivity contribution is 6.32. The number of anilines is 1. The zero-order chi connectivity index (χ0) is 12.4. The van der Waals surface area contributed by atoms with Gasteiger partial charge in [-0.25, -0.2) is 4.98 Å². The molecule has 0 aliphatic carbocycles. The Kier molecular flexibility index (Phi) is 3.19. The van der Waals surface area contributed by atoms with Gasteiger partial charge in [0.05, 0.1) is 24.3 Å². The van der Waals surface area contributed by atoms with E-state index < -0.39 is 0 Å². The number of nitrogens with zero attached hydrogens (tertiary/aromatic N) is 3. The topological polar surface area (TPSA) is 66.0 Å². The van der Waals surface area contributed by atoms with Crippen molar-refractivity contribution in [2.75, 3.05) is 5.73 Å². The quantitative estimate of drug-likeness (QED) is 0.912. The molecule has 6 heteroatoms. The average Bonchev–Trinajstić information content (AvgIpc) is 2.71. The Morgan fingerprint density at radius 3 is 2.76 bits per heavy atom. The van der Waals surface area contributed by atoms with Gasteiger partial charge in [-0.15, -0.1) is 0 Å². The fraction of sp³-hybridized carbons (Fsp3) is 0.273. The lowest BCUT2D eigenvalue weighted by Crippen LogP contribution is -1.99. The fourth-order valence-electron chi connectivity index (χ4n) is 1.28. The zero-order valence-electron chi connectivity index (χ0n) is 9.59. The number of hydrogen-bond acceptors (Lipinski definition) is 4. The number of rotatable bonds is 3. The van der Waals surface area contributed by atoms with E-state index in [0.717, 1.165) is 0 Å². The summed E-state index contributed by atoms with van der Waals surface area (Å²) in [5.41, 5.74) is 6.05. The van der Waals surface area contributed by atoms with Crippen molar-refractivity contribution in [3.63, 3.8) is 0 Å². The average molecular weight is 253 g/mol. The lowest BCUT2D eigenvalue weighted by atomic mass is 10.4. The third-order valence-electron chi connectivity index (χ3n) is 2.15. The number of aromatic nitrogens is 3.